The monoisotopic (exact) mass is 452 g/mol. The van der Waals surface area contributed by atoms with Gasteiger partial charge in [0.15, 0.2) is 0 Å². The van der Waals surface area contributed by atoms with Gasteiger partial charge in [-0.3, -0.25) is 14.5 Å². The predicted molar refractivity (Wildman–Crippen MR) is 131 cm³/mol. The second-order valence-corrected chi connectivity index (χ2v) is 9.45. The summed E-state index contributed by atoms with van der Waals surface area (Å²) in [6.07, 6.45) is 6.57. The lowest BCUT2D eigenvalue weighted by Crippen LogP contribution is -2.41. The number of carbonyl (C=O) groups excluding carboxylic acids is 2. The summed E-state index contributed by atoms with van der Waals surface area (Å²) < 4.78 is 0. The van der Waals surface area contributed by atoms with Crippen LogP contribution in [0.2, 0.25) is 0 Å². The van der Waals surface area contributed by atoms with Gasteiger partial charge in [-0.25, -0.2) is 0 Å². The largest absolute Gasteiger partial charge is 0.374 e. The fourth-order valence-electron chi connectivity index (χ4n) is 4.68. The molecule has 2 aromatic rings. The van der Waals surface area contributed by atoms with Crippen LogP contribution in [0.1, 0.15) is 36.4 Å². The highest BCUT2D eigenvalue weighted by molar-refractivity contribution is 7.98. The molecule has 0 aromatic heterocycles. The van der Waals surface area contributed by atoms with Crippen LogP contribution in [0.4, 0.5) is 11.4 Å². The van der Waals surface area contributed by atoms with Gasteiger partial charge in [-0.05, 0) is 80.4 Å². The van der Waals surface area contributed by atoms with Crippen LogP contribution in [-0.2, 0) is 16.0 Å². The highest BCUT2D eigenvalue weighted by Crippen LogP contribution is 2.31. The number of carbonyl (C=O) groups is 2. The molecule has 0 spiro atoms. The first-order chi connectivity index (χ1) is 15.5. The summed E-state index contributed by atoms with van der Waals surface area (Å²) >= 11 is 1.59. The van der Waals surface area contributed by atoms with Crippen molar-refractivity contribution in [2.24, 2.45) is 0 Å². The number of likely N-dealkylation sites (tertiary alicyclic amines) is 1. The van der Waals surface area contributed by atoms with Gasteiger partial charge in [0.05, 0.1) is 6.04 Å². The van der Waals surface area contributed by atoms with Gasteiger partial charge >= 0.3 is 11.8 Å². The third kappa shape index (κ3) is 5.27. The van der Waals surface area contributed by atoms with Crippen molar-refractivity contribution in [1.82, 2.24) is 10.2 Å². The van der Waals surface area contributed by atoms with Gasteiger partial charge in [0.2, 0.25) is 0 Å². The lowest BCUT2D eigenvalue weighted by molar-refractivity contribution is -0.136. The number of aryl methyl sites for hydroxylation is 1. The Hall–Kier alpha value is -2.51. The molecule has 1 fully saturated rings. The zero-order valence-electron chi connectivity index (χ0n) is 18.9. The van der Waals surface area contributed by atoms with Gasteiger partial charge in [-0.1, -0.05) is 18.2 Å². The molecule has 4 rings (SSSR count). The minimum absolute atomic E-state index is 0.0756. The lowest BCUT2D eigenvalue weighted by atomic mass is 9.96. The minimum Gasteiger partial charge on any atom is -0.374 e. The summed E-state index contributed by atoms with van der Waals surface area (Å²) in [6.45, 7) is 3.55. The molecule has 2 aliphatic heterocycles. The van der Waals surface area contributed by atoms with E-state index < -0.39 is 11.8 Å². The number of rotatable bonds is 6. The first kappa shape index (κ1) is 22.7. The molecule has 32 heavy (non-hydrogen) atoms. The van der Waals surface area contributed by atoms with Gasteiger partial charge in [-0.2, -0.15) is 0 Å². The maximum Gasteiger partial charge on any atom is 0.313 e. The molecule has 0 unspecified atom stereocenters. The Morgan fingerprint density at radius 3 is 2.62 bits per heavy atom. The topological polar surface area (TPSA) is 64.7 Å². The fraction of sp³-hybridized carbons (Fsp3) is 0.440. The summed E-state index contributed by atoms with van der Waals surface area (Å²) in [4.78, 5) is 30.8. The van der Waals surface area contributed by atoms with Gasteiger partial charge in [0.25, 0.3) is 0 Å². The Balaban J connectivity index is 1.44. The van der Waals surface area contributed by atoms with Crippen LogP contribution < -0.4 is 15.5 Å². The lowest BCUT2D eigenvalue weighted by Gasteiger charge is -2.31. The summed E-state index contributed by atoms with van der Waals surface area (Å²) in [6, 6.07) is 14.3. The highest BCUT2D eigenvalue weighted by Gasteiger charge is 2.26. The molecule has 2 aliphatic rings. The third-order valence-corrected chi connectivity index (χ3v) is 7.14. The molecule has 1 atom stereocenters. The molecular formula is C25H32N4O2S. The van der Waals surface area contributed by atoms with E-state index in [1.54, 1.807) is 17.8 Å². The van der Waals surface area contributed by atoms with Crippen LogP contribution in [0.15, 0.2) is 47.4 Å². The average Bonchev–Trinajstić information content (AvgIpc) is 3.34. The van der Waals surface area contributed by atoms with Crippen molar-refractivity contribution in [3.05, 3.63) is 53.6 Å². The van der Waals surface area contributed by atoms with E-state index in [1.807, 2.05) is 24.5 Å². The maximum atomic E-state index is 12.6. The van der Waals surface area contributed by atoms with Crippen molar-refractivity contribution in [1.29, 1.82) is 0 Å². The molecular weight excluding hydrogens is 420 g/mol. The maximum absolute atomic E-state index is 12.6. The number of fused-ring (bicyclic) bond motifs is 1. The Morgan fingerprint density at radius 1 is 1.03 bits per heavy atom. The number of amides is 2. The molecule has 1 saturated heterocycles. The van der Waals surface area contributed by atoms with Crippen LogP contribution in [0.3, 0.4) is 0 Å². The summed E-state index contributed by atoms with van der Waals surface area (Å²) in [7, 11) is 2.14. The van der Waals surface area contributed by atoms with Gasteiger partial charge < -0.3 is 15.5 Å². The van der Waals surface area contributed by atoms with E-state index >= 15 is 0 Å². The summed E-state index contributed by atoms with van der Waals surface area (Å²) in [5.41, 5.74) is 4.52. The first-order valence-electron chi connectivity index (χ1n) is 11.4. The number of thioether (sulfide) groups is 1. The SMILES string of the molecule is CSc1cccc(NC(=O)C(=O)NC[C@H](c2ccc3c(c2)CCCN3C)N2CCCC2)c1. The molecule has 2 aromatic carbocycles. The summed E-state index contributed by atoms with van der Waals surface area (Å²) in [5, 5.41) is 5.60. The average molecular weight is 453 g/mol. The number of nitrogens with zero attached hydrogens (tertiary/aromatic N) is 2. The molecule has 0 saturated carbocycles. The number of hydrogen-bond acceptors (Lipinski definition) is 5. The van der Waals surface area contributed by atoms with Crippen molar-refractivity contribution in [2.75, 3.05) is 49.7 Å². The van der Waals surface area contributed by atoms with Crippen molar-refractivity contribution in [2.45, 2.75) is 36.6 Å². The Morgan fingerprint density at radius 2 is 1.84 bits per heavy atom. The van der Waals surface area contributed by atoms with E-state index in [-0.39, 0.29) is 6.04 Å². The van der Waals surface area contributed by atoms with Crippen molar-refractivity contribution in [3.8, 4) is 0 Å². The van der Waals surface area contributed by atoms with Gasteiger partial charge in [-0.15, -0.1) is 11.8 Å². The van der Waals surface area contributed by atoms with Crippen LogP contribution in [-0.4, -0.2) is 56.2 Å². The molecule has 170 valence electrons. The van der Waals surface area contributed by atoms with Crippen LogP contribution >= 0.6 is 11.8 Å². The molecule has 2 heterocycles. The normalized spacial score (nSPS) is 17.0. The van der Waals surface area contributed by atoms with E-state index in [2.05, 4.69) is 45.7 Å². The van der Waals surface area contributed by atoms with E-state index in [4.69, 9.17) is 0 Å². The number of hydrogen-bond donors (Lipinski definition) is 2. The highest BCUT2D eigenvalue weighted by atomic mass is 32.2. The van der Waals surface area contributed by atoms with Gasteiger partial charge in [0, 0.05) is 36.4 Å². The van der Waals surface area contributed by atoms with E-state index in [9.17, 15) is 9.59 Å². The van der Waals surface area contributed by atoms with Crippen LogP contribution in [0.25, 0.3) is 0 Å². The summed E-state index contributed by atoms with van der Waals surface area (Å²) in [5.74, 6) is -1.23. The smallest absolute Gasteiger partial charge is 0.313 e. The second-order valence-electron chi connectivity index (χ2n) is 8.57. The van der Waals surface area contributed by atoms with E-state index in [0.717, 1.165) is 37.4 Å². The number of anilines is 2. The van der Waals surface area contributed by atoms with E-state index in [1.165, 1.54) is 29.7 Å². The molecule has 0 radical (unpaired) electrons. The quantitative estimate of drug-likeness (QED) is 0.517. The van der Waals surface area contributed by atoms with Crippen LogP contribution in [0.5, 0.6) is 0 Å². The second kappa shape index (κ2) is 10.4. The molecule has 7 heteroatoms. The number of benzene rings is 2. The zero-order valence-corrected chi connectivity index (χ0v) is 19.7. The first-order valence-corrected chi connectivity index (χ1v) is 12.6. The van der Waals surface area contributed by atoms with Crippen molar-refractivity contribution < 1.29 is 9.59 Å². The Labute approximate surface area is 194 Å². The Bertz CT molecular complexity index is 974. The van der Waals surface area contributed by atoms with E-state index in [0.29, 0.717) is 12.2 Å². The molecule has 2 amide bonds. The molecule has 0 bridgehead atoms. The molecule has 2 N–H and O–H groups in total. The molecule has 6 nitrogen and oxygen atoms in total. The third-order valence-electron chi connectivity index (χ3n) is 6.41. The predicted octanol–water partition coefficient (Wildman–Crippen LogP) is 3.68. The van der Waals surface area contributed by atoms with Crippen molar-refractivity contribution >= 4 is 35.0 Å². The van der Waals surface area contributed by atoms with Crippen LogP contribution in [0, 0.1) is 0 Å². The zero-order chi connectivity index (χ0) is 22.5. The molecule has 0 aliphatic carbocycles. The fourth-order valence-corrected chi connectivity index (χ4v) is 5.14. The standard InChI is InChI=1S/C25H32N4O2S/c1-28-12-6-7-18-15-19(10-11-22(18)28)23(29-13-3-4-14-29)17-26-24(30)25(31)27-20-8-5-9-21(16-20)32-2/h5,8-11,15-16,23H,3-4,6-7,12-14,17H2,1-2H3,(H,26,30)(H,27,31)/t23-/m1/s1. The van der Waals surface area contributed by atoms with Gasteiger partial charge in [0.1, 0.15) is 0 Å². The Kier molecular flexibility index (Phi) is 7.37. The minimum atomic E-state index is -0.629. The van der Waals surface area contributed by atoms with Crippen molar-refractivity contribution in [3.63, 3.8) is 0 Å². The number of nitrogens with one attached hydrogen (secondary N) is 2.